The van der Waals surface area contributed by atoms with E-state index >= 15 is 0 Å². The van der Waals surface area contributed by atoms with Gasteiger partial charge in [-0.05, 0) is 61.9 Å². The summed E-state index contributed by atoms with van der Waals surface area (Å²) in [7, 11) is 0. The number of pyridine rings is 1. The van der Waals surface area contributed by atoms with Crippen molar-refractivity contribution in [3.05, 3.63) is 78.3 Å². The van der Waals surface area contributed by atoms with Crippen molar-refractivity contribution in [2.24, 2.45) is 0 Å². The van der Waals surface area contributed by atoms with E-state index in [1.54, 1.807) is 18.2 Å². The standard InChI is InChI=1S/C29H34FNO2/c1-3-4-8-19-33-22(2)9-6-5-7-10-24-13-16-26(20-28(24)30)23-11-14-25(15-12-23)29-18-17-27(32)21-31-29/h7,10-18,20-22,32H,3-6,8-9,19H2,1-2H3. The number of ether oxygens (including phenoxy) is 1. The molecule has 1 heterocycles. The van der Waals surface area contributed by atoms with Crippen molar-refractivity contribution in [1.29, 1.82) is 0 Å². The maximum Gasteiger partial charge on any atom is 0.133 e. The Morgan fingerprint density at radius 2 is 1.73 bits per heavy atom. The maximum atomic E-state index is 14.7. The van der Waals surface area contributed by atoms with Crippen LogP contribution < -0.4 is 0 Å². The summed E-state index contributed by atoms with van der Waals surface area (Å²) in [4.78, 5) is 4.22. The van der Waals surface area contributed by atoms with Gasteiger partial charge >= 0.3 is 0 Å². The lowest BCUT2D eigenvalue weighted by Gasteiger charge is -2.12. The lowest BCUT2D eigenvalue weighted by molar-refractivity contribution is 0.0566. The van der Waals surface area contributed by atoms with Crippen LogP contribution in [0.3, 0.4) is 0 Å². The number of rotatable bonds is 12. The summed E-state index contributed by atoms with van der Waals surface area (Å²) < 4.78 is 20.5. The molecule has 0 amide bonds. The van der Waals surface area contributed by atoms with E-state index in [1.807, 2.05) is 48.6 Å². The lowest BCUT2D eigenvalue weighted by atomic mass is 10.0. The van der Waals surface area contributed by atoms with Gasteiger partial charge in [0.15, 0.2) is 0 Å². The lowest BCUT2D eigenvalue weighted by Crippen LogP contribution is -2.08. The van der Waals surface area contributed by atoms with Crippen LogP contribution in [0.25, 0.3) is 28.5 Å². The SMILES string of the molecule is CCCCCOC(C)CCCC=Cc1ccc(-c2ccc(-c3ccc(O)cn3)cc2)cc1F. The Morgan fingerprint density at radius 1 is 0.970 bits per heavy atom. The molecule has 0 aliphatic heterocycles. The highest BCUT2D eigenvalue weighted by atomic mass is 19.1. The first-order valence-electron chi connectivity index (χ1n) is 11.9. The fourth-order valence-electron chi connectivity index (χ4n) is 3.69. The molecule has 33 heavy (non-hydrogen) atoms. The Balaban J connectivity index is 1.51. The van der Waals surface area contributed by atoms with Gasteiger partial charge in [0.25, 0.3) is 0 Å². The van der Waals surface area contributed by atoms with Crippen LogP contribution in [0, 0.1) is 5.82 Å². The van der Waals surface area contributed by atoms with E-state index in [4.69, 9.17) is 4.74 Å². The monoisotopic (exact) mass is 447 g/mol. The van der Waals surface area contributed by atoms with Crippen molar-refractivity contribution in [3.63, 3.8) is 0 Å². The van der Waals surface area contributed by atoms with E-state index in [9.17, 15) is 9.50 Å². The summed E-state index contributed by atoms with van der Waals surface area (Å²) in [5, 5.41) is 9.38. The number of hydrogen-bond donors (Lipinski definition) is 1. The summed E-state index contributed by atoms with van der Waals surface area (Å²) >= 11 is 0. The van der Waals surface area contributed by atoms with Gasteiger partial charge in [0.2, 0.25) is 0 Å². The molecular formula is C29H34FNO2. The van der Waals surface area contributed by atoms with Gasteiger partial charge in [-0.3, -0.25) is 4.98 Å². The Bertz CT molecular complexity index is 1010. The molecular weight excluding hydrogens is 413 g/mol. The van der Waals surface area contributed by atoms with Gasteiger partial charge in [-0.2, -0.15) is 0 Å². The van der Waals surface area contributed by atoms with Crippen molar-refractivity contribution in [3.8, 4) is 28.1 Å². The number of unbranched alkanes of at least 4 members (excludes halogenated alkanes) is 3. The Labute approximate surface area is 197 Å². The number of aromatic nitrogens is 1. The zero-order chi connectivity index (χ0) is 23.5. The van der Waals surface area contributed by atoms with Crippen molar-refractivity contribution in [2.75, 3.05) is 6.61 Å². The molecule has 3 aromatic rings. The largest absolute Gasteiger partial charge is 0.506 e. The highest BCUT2D eigenvalue weighted by Gasteiger charge is 2.06. The molecule has 0 fully saturated rings. The number of halogens is 1. The molecule has 0 radical (unpaired) electrons. The molecule has 3 nitrogen and oxygen atoms in total. The normalized spacial score (nSPS) is 12.3. The third-order valence-electron chi connectivity index (χ3n) is 5.69. The number of benzene rings is 2. The molecule has 1 atom stereocenters. The number of aromatic hydroxyl groups is 1. The number of nitrogens with zero attached hydrogens (tertiary/aromatic N) is 1. The smallest absolute Gasteiger partial charge is 0.133 e. The molecule has 0 saturated carbocycles. The average molecular weight is 448 g/mol. The minimum absolute atomic E-state index is 0.140. The van der Waals surface area contributed by atoms with Crippen LogP contribution in [0.1, 0.15) is 57.9 Å². The van der Waals surface area contributed by atoms with Crippen molar-refractivity contribution >= 4 is 6.08 Å². The quantitative estimate of drug-likeness (QED) is 0.286. The molecule has 0 aliphatic rings. The van der Waals surface area contributed by atoms with E-state index in [-0.39, 0.29) is 17.7 Å². The molecule has 1 aromatic heterocycles. The molecule has 174 valence electrons. The zero-order valence-electron chi connectivity index (χ0n) is 19.6. The van der Waals surface area contributed by atoms with E-state index in [0.29, 0.717) is 5.56 Å². The predicted octanol–water partition coefficient (Wildman–Crippen LogP) is 8.04. The average Bonchev–Trinajstić information content (AvgIpc) is 2.83. The second-order valence-corrected chi connectivity index (χ2v) is 8.44. The number of allylic oxidation sites excluding steroid dienone is 1. The van der Waals surface area contributed by atoms with Gasteiger partial charge < -0.3 is 9.84 Å². The summed E-state index contributed by atoms with van der Waals surface area (Å²) in [5.74, 6) is -0.0815. The van der Waals surface area contributed by atoms with Crippen molar-refractivity contribution < 1.29 is 14.2 Å². The van der Waals surface area contributed by atoms with Crippen LogP contribution in [0.2, 0.25) is 0 Å². The van der Waals surface area contributed by atoms with Crippen LogP contribution in [0.4, 0.5) is 4.39 Å². The van der Waals surface area contributed by atoms with E-state index in [1.165, 1.54) is 19.0 Å². The molecule has 0 bridgehead atoms. The molecule has 1 unspecified atom stereocenters. The van der Waals surface area contributed by atoms with Crippen molar-refractivity contribution in [1.82, 2.24) is 4.98 Å². The topological polar surface area (TPSA) is 42.4 Å². The molecule has 0 saturated heterocycles. The molecule has 0 aliphatic carbocycles. The third kappa shape index (κ3) is 7.83. The first kappa shape index (κ1) is 24.7. The van der Waals surface area contributed by atoms with Crippen LogP contribution in [-0.4, -0.2) is 22.8 Å². The highest BCUT2D eigenvalue weighted by Crippen LogP contribution is 2.26. The maximum absolute atomic E-state index is 14.7. The van der Waals surface area contributed by atoms with Gasteiger partial charge in [0.05, 0.1) is 18.0 Å². The molecule has 2 aromatic carbocycles. The first-order valence-corrected chi connectivity index (χ1v) is 11.9. The summed E-state index contributed by atoms with van der Waals surface area (Å²) in [6, 6.07) is 16.6. The Morgan fingerprint density at radius 3 is 2.42 bits per heavy atom. The second kappa shape index (κ2) is 12.9. The summed E-state index contributed by atoms with van der Waals surface area (Å²) in [6.45, 7) is 5.17. The Kier molecular flexibility index (Phi) is 9.64. The minimum Gasteiger partial charge on any atom is -0.506 e. The van der Waals surface area contributed by atoms with Crippen LogP contribution >= 0.6 is 0 Å². The number of hydrogen-bond acceptors (Lipinski definition) is 3. The van der Waals surface area contributed by atoms with Gasteiger partial charge in [-0.1, -0.05) is 68.3 Å². The fraction of sp³-hybridized carbons (Fsp3) is 0.345. The highest BCUT2D eigenvalue weighted by molar-refractivity contribution is 5.70. The predicted molar refractivity (Wildman–Crippen MR) is 135 cm³/mol. The zero-order valence-corrected chi connectivity index (χ0v) is 19.6. The van der Waals surface area contributed by atoms with Crippen LogP contribution in [-0.2, 0) is 4.74 Å². The van der Waals surface area contributed by atoms with Gasteiger partial charge in [-0.15, -0.1) is 0 Å². The molecule has 1 N–H and O–H groups in total. The summed E-state index contributed by atoms with van der Waals surface area (Å²) in [6.07, 6.45) is 12.2. The van der Waals surface area contributed by atoms with Gasteiger partial charge in [-0.25, -0.2) is 4.39 Å². The first-order chi connectivity index (χ1) is 16.1. The molecule has 0 spiro atoms. The van der Waals surface area contributed by atoms with E-state index in [0.717, 1.165) is 54.7 Å². The van der Waals surface area contributed by atoms with E-state index in [2.05, 4.69) is 18.8 Å². The van der Waals surface area contributed by atoms with E-state index < -0.39 is 0 Å². The second-order valence-electron chi connectivity index (χ2n) is 8.44. The van der Waals surface area contributed by atoms with Crippen molar-refractivity contribution in [2.45, 2.75) is 58.5 Å². The third-order valence-corrected chi connectivity index (χ3v) is 5.69. The summed E-state index contributed by atoms with van der Waals surface area (Å²) in [5.41, 5.74) is 4.11. The van der Waals surface area contributed by atoms with Gasteiger partial charge in [0, 0.05) is 17.7 Å². The van der Waals surface area contributed by atoms with Crippen LogP contribution in [0.5, 0.6) is 5.75 Å². The van der Waals surface area contributed by atoms with Crippen LogP contribution in [0.15, 0.2) is 66.9 Å². The van der Waals surface area contributed by atoms with Gasteiger partial charge in [0.1, 0.15) is 11.6 Å². The fourth-order valence-corrected chi connectivity index (χ4v) is 3.69. The molecule has 4 heteroatoms. The molecule has 3 rings (SSSR count). The minimum atomic E-state index is -0.222. The Hall–Kier alpha value is -2.98.